The van der Waals surface area contributed by atoms with Gasteiger partial charge in [-0.1, -0.05) is 42.5 Å². The molecule has 0 atom stereocenters. The van der Waals surface area contributed by atoms with Crippen molar-refractivity contribution in [1.29, 1.82) is 0 Å². The standard InChI is InChI=1S/C14H14O.W/c1-11(15)6-7-12-8-9-13-4-2-3-5-14(13)10-12;/h2-5,8-10H,6-7H2,1H3;. The molecule has 1 nitrogen and oxygen atoms in total. The molecule has 0 heterocycles. The van der Waals surface area contributed by atoms with Crippen LogP contribution in [0.4, 0.5) is 0 Å². The van der Waals surface area contributed by atoms with Crippen LogP contribution in [0.1, 0.15) is 18.9 Å². The number of aryl methyl sites for hydroxylation is 1. The summed E-state index contributed by atoms with van der Waals surface area (Å²) in [6.07, 6.45) is 1.48. The second kappa shape index (κ2) is 5.96. The van der Waals surface area contributed by atoms with Gasteiger partial charge in [-0.15, -0.1) is 0 Å². The summed E-state index contributed by atoms with van der Waals surface area (Å²) in [5.74, 6) is 0.253. The molecule has 0 aliphatic heterocycles. The molecule has 0 bridgehead atoms. The third-order valence-corrected chi connectivity index (χ3v) is 2.58. The fourth-order valence-corrected chi connectivity index (χ4v) is 1.71. The third kappa shape index (κ3) is 3.28. The molecular formula is C14H14OW. The normalized spacial score (nSPS) is 9.81. The first-order valence-electron chi connectivity index (χ1n) is 5.23. The predicted molar refractivity (Wildman–Crippen MR) is 63.0 cm³/mol. The summed E-state index contributed by atoms with van der Waals surface area (Å²) in [6.45, 7) is 1.64. The van der Waals surface area contributed by atoms with Crippen molar-refractivity contribution in [2.75, 3.05) is 0 Å². The Bertz CT molecular complexity index is 491. The Morgan fingerprint density at radius 3 is 2.44 bits per heavy atom. The molecule has 0 aromatic heterocycles. The first kappa shape index (κ1) is 13.1. The van der Waals surface area contributed by atoms with Crippen LogP contribution in [0, 0.1) is 0 Å². The number of rotatable bonds is 3. The van der Waals surface area contributed by atoms with Crippen LogP contribution in [-0.4, -0.2) is 5.78 Å². The van der Waals surface area contributed by atoms with Crippen LogP contribution in [0.15, 0.2) is 42.5 Å². The Labute approximate surface area is 110 Å². The van der Waals surface area contributed by atoms with Gasteiger partial charge < -0.3 is 4.79 Å². The van der Waals surface area contributed by atoms with Crippen LogP contribution < -0.4 is 0 Å². The van der Waals surface area contributed by atoms with Gasteiger partial charge >= 0.3 is 0 Å². The Hall–Kier alpha value is -0.942. The van der Waals surface area contributed by atoms with Crippen molar-refractivity contribution >= 4 is 16.6 Å². The topological polar surface area (TPSA) is 17.1 Å². The van der Waals surface area contributed by atoms with Crippen LogP contribution in [0.25, 0.3) is 10.8 Å². The molecule has 2 aromatic carbocycles. The van der Waals surface area contributed by atoms with Gasteiger partial charge in [-0.2, -0.15) is 0 Å². The van der Waals surface area contributed by atoms with Gasteiger partial charge in [-0.3, -0.25) is 0 Å². The maximum atomic E-state index is 10.9. The Morgan fingerprint density at radius 2 is 1.75 bits per heavy atom. The minimum absolute atomic E-state index is 0. The molecule has 2 heteroatoms. The summed E-state index contributed by atoms with van der Waals surface area (Å²) >= 11 is 0. The van der Waals surface area contributed by atoms with Crippen LogP contribution >= 0.6 is 0 Å². The first-order valence-corrected chi connectivity index (χ1v) is 5.23. The number of fused-ring (bicyclic) bond motifs is 1. The molecule has 82 valence electrons. The summed E-state index contributed by atoms with van der Waals surface area (Å²) in [5.41, 5.74) is 1.24. The Balaban J connectivity index is 0.00000128. The van der Waals surface area contributed by atoms with E-state index in [0.717, 1.165) is 6.42 Å². The van der Waals surface area contributed by atoms with E-state index in [0.29, 0.717) is 6.42 Å². The van der Waals surface area contributed by atoms with Crippen molar-refractivity contribution < 1.29 is 25.9 Å². The molecule has 0 spiro atoms. The van der Waals surface area contributed by atoms with E-state index < -0.39 is 0 Å². The summed E-state index contributed by atoms with van der Waals surface area (Å²) < 4.78 is 0. The van der Waals surface area contributed by atoms with Crippen molar-refractivity contribution in [2.24, 2.45) is 0 Å². The average molecular weight is 382 g/mol. The van der Waals surface area contributed by atoms with Gasteiger partial charge in [0.25, 0.3) is 0 Å². The number of Topliss-reactive ketones (excluding diaryl/α,β-unsaturated/α-hetero) is 1. The van der Waals surface area contributed by atoms with E-state index in [1.807, 2.05) is 12.1 Å². The molecule has 0 aliphatic carbocycles. The molecule has 0 unspecified atom stereocenters. The second-order valence-electron chi connectivity index (χ2n) is 3.88. The van der Waals surface area contributed by atoms with E-state index in [-0.39, 0.29) is 26.8 Å². The monoisotopic (exact) mass is 382 g/mol. The molecular weight excluding hydrogens is 368 g/mol. The summed E-state index contributed by atoms with van der Waals surface area (Å²) in [4.78, 5) is 10.9. The molecule has 0 N–H and O–H groups in total. The van der Waals surface area contributed by atoms with E-state index in [1.54, 1.807) is 6.92 Å². The SMILES string of the molecule is CC(=O)CCc1ccc2ccccc2c1.[W]. The van der Waals surface area contributed by atoms with Crippen LogP contribution in [0.5, 0.6) is 0 Å². The zero-order valence-electron chi connectivity index (χ0n) is 9.27. The second-order valence-corrected chi connectivity index (χ2v) is 3.88. The summed E-state index contributed by atoms with van der Waals surface area (Å²) in [5, 5.41) is 2.50. The molecule has 0 fully saturated rings. The third-order valence-electron chi connectivity index (χ3n) is 2.58. The quantitative estimate of drug-likeness (QED) is 0.796. The number of hydrogen-bond acceptors (Lipinski definition) is 1. The average Bonchev–Trinajstić information content (AvgIpc) is 2.26. The van der Waals surface area contributed by atoms with E-state index in [4.69, 9.17) is 0 Å². The van der Waals surface area contributed by atoms with Gasteiger partial charge in [0.05, 0.1) is 0 Å². The predicted octanol–water partition coefficient (Wildman–Crippen LogP) is 3.36. The largest absolute Gasteiger partial charge is 0.300 e. The maximum absolute atomic E-state index is 10.9. The van der Waals surface area contributed by atoms with Gasteiger partial charge in [-0.25, -0.2) is 0 Å². The minimum atomic E-state index is 0. The molecule has 0 saturated heterocycles. The van der Waals surface area contributed by atoms with E-state index in [9.17, 15) is 4.79 Å². The molecule has 2 aromatic rings. The van der Waals surface area contributed by atoms with Crippen LogP contribution in [0.2, 0.25) is 0 Å². The van der Waals surface area contributed by atoms with E-state index in [1.165, 1.54) is 16.3 Å². The summed E-state index contributed by atoms with van der Waals surface area (Å²) in [7, 11) is 0. The van der Waals surface area contributed by atoms with Gasteiger partial charge in [0, 0.05) is 27.5 Å². The van der Waals surface area contributed by atoms with Crippen LogP contribution in [-0.2, 0) is 32.3 Å². The number of ketones is 1. The number of benzene rings is 2. The van der Waals surface area contributed by atoms with E-state index in [2.05, 4.69) is 30.3 Å². The van der Waals surface area contributed by atoms with Crippen molar-refractivity contribution in [3.8, 4) is 0 Å². The first-order chi connectivity index (χ1) is 7.25. The molecule has 0 amide bonds. The van der Waals surface area contributed by atoms with Crippen molar-refractivity contribution in [1.82, 2.24) is 0 Å². The van der Waals surface area contributed by atoms with Crippen molar-refractivity contribution in [3.05, 3.63) is 48.0 Å². The smallest absolute Gasteiger partial charge is 0.130 e. The molecule has 2 rings (SSSR count). The maximum Gasteiger partial charge on any atom is 0.130 e. The zero-order valence-corrected chi connectivity index (χ0v) is 12.2. The number of carbonyl (C=O) groups is 1. The fraction of sp³-hybridized carbons (Fsp3) is 0.214. The number of carbonyl (C=O) groups excluding carboxylic acids is 1. The number of hydrogen-bond donors (Lipinski definition) is 0. The van der Waals surface area contributed by atoms with Crippen molar-refractivity contribution in [3.63, 3.8) is 0 Å². The van der Waals surface area contributed by atoms with Gasteiger partial charge in [-0.05, 0) is 29.7 Å². The summed E-state index contributed by atoms with van der Waals surface area (Å²) in [6, 6.07) is 14.7. The van der Waals surface area contributed by atoms with E-state index >= 15 is 0 Å². The van der Waals surface area contributed by atoms with Gasteiger partial charge in [0.15, 0.2) is 0 Å². The van der Waals surface area contributed by atoms with Crippen LogP contribution in [0.3, 0.4) is 0 Å². The van der Waals surface area contributed by atoms with Crippen molar-refractivity contribution in [2.45, 2.75) is 19.8 Å². The molecule has 0 radical (unpaired) electrons. The molecule has 0 aliphatic rings. The zero-order chi connectivity index (χ0) is 10.7. The van der Waals surface area contributed by atoms with Gasteiger partial charge in [0.1, 0.15) is 5.78 Å². The Morgan fingerprint density at radius 1 is 1.06 bits per heavy atom. The minimum Gasteiger partial charge on any atom is -0.300 e. The molecule has 16 heavy (non-hydrogen) atoms. The molecule has 0 saturated carbocycles. The van der Waals surface area contributed by atoms with Gasteiger partial charge in [0.2, 0.25) is 0 Å². The Kier molecular flexibility index (Phi) is 4.89. The fourth-order valence-electron chi connectivity index (χ4n) is 1.71.